The van der Waals surface area contributed by atoms with Crippen molar-refractivity contribution in [3.05, 3.63) is 36.2 Å². The third-order valence-electron chi connectivity index (χ3n) is 4.46. The summed E-state index contributed by atoms with van der Waals surface area (Å²) >= 11 is 0. The molecule has 1 aromatic heterocycles. The molecule has 1 atom stereocenters. The standard InChI is InChI=1S/C16H24N6O.ClH/c1-4-16(5-2,11-17)15(23)18-12(3)14-19-20-21-22(14)13-9-7-6-8-10-13;/h6-10,12H,4-5,11,17H2,1-3H3,(H,18,23);1H. The molecule has 0 radical (unpaired) electrons. The number of tetrazole rings is 1. The second-order valence-corrected chi connectivity index (χ2v) is 5.67. The second kappa shape index (κ2) is 8.75. The zero-order valence-corrected chi connectivity index (χ0v) is 15.1. The molecule has 8 heteroatoms. The lowest BCUT2D eigenvalue weighted by Gasteiger charge is -2.30. The monoisotopic (exact) mass is 352 g/mol. The van der Waals surface area contributed by atoms with E-state index in [-0.39, 0.29) is 24.4 Å². The van der Waals surface area contributed by atoms with Crippen molar-refractivity contribution in [2.24, 2.45) is 11.1 Å². The van der Waals surface area contributed by atoms with Gasteiger partial charge in [0.05, 0.1) is 17.1 Å². The van der Waals surface area contributed by atoms with Crippen LogP contribution in [0.1, 0.15) is 45.5 Å². The highest BCUT2D eigenvalue weighted by molar-refractivity contribution is 5.85. The number of nitrogens with two attached hydrogens (primary N) is 1. The van der Waals surface area contributed by atoms with Crippen LogP contribution < -0.4 is 11.1 Å². The van der Waals surface area contributed by atoms with Gasteiger partial charge < -0.3 is 11.1 Å². The van der Waals surface area contributed by atoms with Gasteiger partial charge in [0.25, 0.3) is 0 Å². The Morgan fingerprint density at radius 2 is 1.92 bits per heavy atom. The Balaban J connectivity index is 0.00000288. The van der Waals surface area contributed by atoms with Crippen LogP contribution in [0.5, 0.6) is 0 Å². The van der Waals surface area contributed by atoms with Crippen molar-refractivity contribution in [1.82, 2.24) is 25.5 Å². The minimum Gasteiger partial charge on any atom is -0.346 e. The summed E-state index contributed by atoms with van der Waals surface area (Å²) in [6, 6.07) is 9.26. The minimum atomic E-state index is -0.542. The quantitative estimate of drug-likeness (QED) is 0.794. The van der Waals surface area contributed by atoms with Crippen LogP contribution in [-0.2, 0) is 4.79 Å². The first-order chi connectivity index (χ1) is 11.1. The predicted molar refractivity (Wildman–Crippen MR) is 95.0 cm³/mol. The zero-order chi connectivity index (χ0) is 16.9. The van der Waals surface area contributed by atoms with E-state index in [2.05, 4.69) is 20.8 Å². The summed E-state index contributed by atoms with van der Waals surface area (Å²) in [5.41, 5.74) is 6.15. The highest BCUT2D eigenvalue weighted by Crippen LogP contribution is 2.26. The first-order valence-corrected chi connectivity index (χ1v) is 7.92. The van der Waals surface area contributed by atoms with Crippen molar-refractivity contribution < 1.29 is 4.79 Å². The van der Waals surface area contributed by atoms with Gasteiger partial charge in [-0.15, -0.1) is 17.5 Å². The molecule has 132 valence electrons. The maximum absolute atomic E-state index is 12.6. The summed E-state index contributed by atoms with van der Waals surface area (Å²) in [7, 11) is 0. The Morgan fingerprint density at radius 3 is 2.46 bits per heavy atom. The third kappa shape index (κ3) is 3.91. The number of aromatic nitrogens is 4. The number of benzene rings is 1. The maximum Gasteiger partial charge on any atom is 0.228 e. The van der Waals surface area contributed by atoms with E-state index in [0.29, 0.717) is 25.2 Å². The first-order valence-electron chi connectivity index (χ1n) is 7.92. The fourth-order valence-electron chi connectivity index (χ4n) is 2.58. The second-order valence-electron chi connectivity index (χ2n) is 5.67. The van der Waals surface area contributed by atoms with E-state index in [1.807, 2.05) is 51.1 Å². The lowest BCUT2D eigenvalue weighted by Crippen LogP contribution is -2.46. The number of carbonyl (C=O) groups excluding carboxylic acids is 1. The van der Waals surface area contributed by atoms with Crippen molar-refractivity contribution in [3.8, 4) is 5.69 Å². The average molecular weight is 353 g/mol. The zero-order valence-electron chi connectivity index (χ0n) is 14.3. The number of rotatable bonds is 7. The number of hydrogen-bond acceptors (Lipinski definition) is 5. The van der Waals surface area contributed by atoms with Crippen molar-refractivity contribution in [1.29, 1.82) is 0 Å². The molecule has 0 aliphatic heterocycles. The molecular weight excluding hydrogens is 328 g/mol. The summed E-state index contributed by atoms with van der Waals surface area (Å²) in [4.78, 5) is 12.6. The normalized spacial score (nSPS) is 12.3. The summed E-state index contributed by atoms with van der Waals surface area (Å²) in [5, 5.41) is 14.8. The highest BCUT2D eigenvalue weighted by Gasteiger charge is 2.34. The fraction of sp³-hybridized carbons (Fsp3) is 0.500. The minimum absolute atomic E-state index is 0. The van der Waals surface area contributed by atoms with Crippen molar-refractivity contribution in [2.45, 2.75) is 39.7 Å². The molecule has 0 aliphatic carbocycles. The number of hydrogen-bond donors (Lipinski definition) is 2. The van der Waals surface area contributed by atoms with Crippen molar-refractivity contribution in [3.63, 3.8) is 0 Å². The van der Waals surface area contributed by atoms with Gasteiger partial charge in [-0.05, 0) is 42.3 Å². The molecule has 1 aromatic carbocycles. The molecule has 3 N–H and O–H groups in total. The molecule has 7 nitrogen and oxygen atoms in total. The van der Waals surface area contributed by atoms with Crippen LogP contribution in [0.3, 0.4) is 0 Å². The summed E-state index contributed by atoms with van der Waals surface area (Å²) < 4.78 is 1.63. The average Bonchev–Trinajstić information content (AvgIpc) is 3.07. The molecule has 24 heavy (non-hydrogen) atoms. The number of halogens is 1. The Bertz CT molecular complexity index is 633. The van der Waals surface area contributed by atoms with Gasteiger partial charge in [-0.25, -0.2) is 0 Å². The first kappa shape index (κ1) is 20.1. The largest absolute Gasteiger partial charge is 0.346 e. The lowest BCUT2D eigenvalue weighted by atomic mass is 9.81. The molecule has 0 saturated heterocycles. The van der Waals surface area contributed by atoms with Crippen molar-refractivity contribution in [2.75, 3.05) is 6.54 Å². The number of nitrogens with one attached hydrogen (secondary N) is 1. The van der Waals surface area contributed by atoms with Crippen LogP contribution >= 0.6 is 12.4 Å². The van der Waals surface area contributed by atoms with E-state index in [0.717, 1.165) is 5.69 Å². The molecule has 2 aromatic rings. The van der Waals surface area contributed by atoms with Gasteiger partial charge in [0.15, 0.2) is 5.82 Å². The highest BCUT2D eigenvalue weighted by atomic mass is 35.5. The van der Waals surface area contributed by atoms with Crippen molar-refractivity contribution >= 4 is 18.3 Å². The van der Waals surface area contributed by atoms with Crippen LogP contribution in [0, 0.1) is 5.41 Å². The molecule has 1 heterocycles. The Kier molecular flexibility index (Phi) is 7.31. The van der Waals surface area contributed by atoms with Crippen LogP contribution in [-0.4, -0.2) is 32.7 Å². The number of para-hydroxylation sites is 1. The van der Waals surface area contributed by atoms with Crippen LogP contribution in [0.25, 0.3) is 5.69 Å². The Morgan fingerprint density at radius 1 is 1.29 bits per heavy atom. The number of amides is 1. The number of nitrogens with zero attached hydrogens (tertiary/aromatic N) is 4. The Labute approximate surface area is 148 Å². The van der Waals surface area contributed by atoms with E-state index < -0.39 is 5.41 Å². The van der Waals surface area contributed by atoms with Gasteiger partial charge in [-0.2, -0.15) is 4.68 Å². The molecular formula is C16H25ClN6O. The van der Waals surface area contributed by atoms with E-state index >= 15 is 0 Å². The maximum atomic E-state index is 12.6. The summed E-state index contributed by atoms with van der Waals surface area (Å²) in [6.45, 7) is 6.15. The van der Waals surface area contributed by atoms with E-state index in [4.69, 9.17) is 5.73 Å². The molecule has 0 bridgehead atoms. The van der Waals surface area contributed by atoms with E-state index in [9.17, 15) is 4.79 Å². The third-order valence-corrected chi connectivity index (χ3v) is 4.46. The molecule has 0 saturated carbocycles. The van der Waals surface area contributed by atoms with Crippen LogP contribution in [0.15, 0.2) is 30.3 Å². The van der Waals surface area contributed by atoms with E-state index in [1.165, 1.54) is 0 Å². The van der Waals surface area contributed by atoms with Crippen LogP contribution in [0.4, 0.5) is 0 Å². The van der Waals surface area contributed by atoms with Gasteiger partial charge in [0.1, 0.15) is 0 Å². The van der Waals surface area contributed by atoms with Gasteiger partial charge in [0, 0.05) is 6.54 Å². The molecule has 0 fully saturated rings. The summed E-state index contributed by atoms with van der Waals surface area (Å²) in [6.07, 6.45) is 1.39. The van der Waals surface area contributed by atoms with Gasteiger partial charge in [-0.1, -0.05) is 32.0 Å². The molecule has 2 rings (SSSR count). The fourth-order valence-corrected chi connectivity index (χ4v) is 2.58. The predicted octanol–water partition coefficient (Wildman–Crippen LogP) is 2.03. The molecule has 0 aliphatic rings. The smallest absolute Gasteiger partial charge is 0.228 e. The van der Waals surface area contributed by atoms with Gasteiger partial charge >= 0.3 is 0 Å². The summed E-state index contributed by atoms with van der Waals surface area (Å²) in [5.74, 6) is 0.530. The topological polar surface area (TPSA) is 98.7 Å². The molecule has 1 unspecified atom stereocenters. The SMILES string of the molecule is CCC(CC)(CN)C(=O)NC(C)c1nnnn1-c1ccccc1.Cl. The Hall–Kier alpha value is -1.99. The lowest BCUT2D eigenvalue weighted by molar-refractivity contribution is -0.131. The van der Waals surface area contributed by atoms with Gasteiger partial charge in [-0.3, -0.25) is 4.79 Å². The molecule has 0 spiro atoms. The number of carbonyl (C=O) groups is 1. The van der Waals surface area contributed by atoms with Crippen LogP contribution in [0.2, 0.25) is 0 Å². The van der Waals surface area contributed by atoms with Gasteiger partial charge in [0.2, 0.25) is 5.91 Å². The molecule has 1 amide bonds. The van der Waals surface area contributed by atoms with E-state index in [1.54, 1.807) is 4.68 Å².